The largest absolute Gasteiger partial charge is 0.345 e. The van der Waals surface area contributed by atoms with Gasteiger partial charge in [-0.05, 0) is 38.3 Å². The minimum atomic E-state index is 0.124. The fraction of sp³-hybridized carbons (Fsp3) is 0.308. The molecule has 0 saturated carbocycles. The monoisotopic (exact) mass is 201 g/mol. The number of carbonyl (C=O) groups excluding carboxylic acids is 1. The fourth-order valence-electron chi connectivity index (χ4n) is 2.03. The van der Waals surface area contributed by atoms with Crippen LogP contribution in [0.5, 0.6) is 0 Å². The van der Waals surface area contributed by atoms with Gasteiger partial charge in [-0.3, -0.25) is 4.79 Å². The Balaban J connectivity index is 2.73. The maximum atomic E-state index is 11.3. The molecule has 1 aromatic carbocycles. The first-order valence-corrected chi connectivity index (χ1v) is 5.24. The number of nitrogens with zero attached hydrogens (tertiary/aromatic N) is 1. The van der Waals surface area contributed by atoms with Crippen LogP contribution >= 0.6 is 0 Å². The quantitative estimate of drug-likeness (QED) is 0.684. The Labute approximate surface area is 89.5 Å². The first kappa shape index (κ1) is 9.97. The molecule has 0 saturated heterocycles. The maximum absolute atomic E-state index is 11.3. The lowest BCUT2D eigenvalue weighted by atomic mass is 10.1. The van der Waals surface area contributed by atoms with Crippen LogP contribution in [0, 0.1) is 6.92 Å². The lowest BCUT2D eigenvalue weighted by molar-refractivity contribution is 0.101. The first-order valence-electron chi connectivity index (χ1n) is 5.24. The lowest BCUT2D eigenvalue weighted by Crippen LogP contribution is -1.97. The van der Waals surface area contributed by atoms with Crippen LogP contribution in [0.2, 0.25) is 0 Å². The van der Waals surface area contributed by atoms with Gasteiger partial charge in [0.1, 0.15) is 0 Å². The van der Waals surface area contributed by atoms with Crippen molar-refractivity contribution in [3.05, 3.63) is 35.5 Å². The molecule has 0 spiro atoms. The van der Waals surface area contributed by atoms with Crippen molar-refractivity contribution in [1.29, 1.82) is 0 Å². The van der Waals surface area contributed by atoms with Crippen LogP contribution in [0.25, 0.3) is 10.9 Å². The summed E-state index contributed by atoms with van der Waals surface area (Å²) in [6, 6.07) is 8.05. The van der Waals surface area contributed by atoms with Crippen LogP contribution in [0.1, 0.15) is 29.9 Å². The average molecular weight is 201 g/mol. The number of rotatable bonds is 2. The molecule has 0 amide bonds. The van der Waals surface area contributed by atoms with Crippen LogP contribution in [0.15, 0.2) is 24.3 Å². The van der Waals surface area contributed by atoms with Crippen molar-refractivity contribution in [3.8, 4) is 0 Å². The maximum Gasteiger partial charge on any atom is 0.159 e. The van der Waals surface area contributed by atoms with Gasteiger partial charge >= 0.3 is 0 Å². The van der Waals surface area contributed by atoms with Crippen LogP contribution < -0.4 is 0 Å². The molecule has 2 heteroatoms. The van der Waals surface area contributed by atoms with Gasteiger partial charge in [-0.1, -0.05) is 12.1 Å². The average Bonchev–Trinajstić information content (AvgIpc) is 2.51. The molecule has 0 fully saturated rings. The highest BCUT2D eigenvalue weighted by atomic mass is 16.1. The highest BCUT2D eigenvalue weighted by Crippen LogP contribution is 2.21. The Morgan fingerprint density at radius 1 is 1.33 bits per heavy atom. The fourth-order valence-corrected chi connectivity index (χ4v) is 2.03. The third-order valence-electron chi connectivity index (χ3n) is 2.83. The van der Waals surface area contributed by atoms with Gasteiger partial charge in [0.2, 0.25) is 0 Å². The van der Waals surface area contributed by atoms with E-state index in [0.717, 1.165) is 17.6 Å². The van der Waals surface area contributed by atoms with E-state index in [2.05, 4.69) is 24.5 Å². The van der Waals surface area contributed by atoms with Gasteiger partial charge in [0, 0.05) is 23.3 Å². The van der Waals surface area contributed by atoms with Crippen molar-refractivity contribution in [2.45, 2.75) is 27.3 Å². The predicted molar refractivity (Wildman–Crippen MR) is 62.4 cm³/mol. The molecule has 0 bridgehead atoms. The van der Waals surface area contributed by atoms with Crippen molar-refractivity contribution < 1.29 is 4.79 Å². The van der Waals surface area contributed by atoms with Gasteiger partial charge in [0.15, 0.2) is 5.78 Å². The second-order valence-electron chi connectivity index (χ2n) is 3.86. The molecule has 2 aromatic rings. The summed E-state index contributed by atoms with van der Waals surface area (Å²) in [6.45, 7) is 6.76. The highest BCUT2D eigenvalue weighted by Gasteiger charge is 2.06. The molecular formula is C13H15NO. The zero-order chi connectivity index (χ0) is 11.0. The van der Waals surface area contributed by atoms with Crippen molar-refractivity contribution >= 4 is 16.7 Å². The summed E-state index contributed by atoms with van der Waals surface area (Å²) < 4.78 is 2.22. The van der Waals surface area contributed by atoms with Gasteiger partial charge < -0.3 is 4.57 Å². The summed E-state index contributed by atoms with van der Waals surface area (Å²) in [5, 5.41) is 1.21. The third-order valence-corrected chi connectivity index (χ3v) is 2.83. The van der Waals surface area contributed by atoms with E-state index in [9.17, 15) is 4.79 Å². The normalized spacial score (nSPS) is 10.9. The number of hydrogen-bond donors (Lipinski definition) is 0. The summed E-state index contributed by atoms with van der Waals surface area (Å²) in [4.78, 5) is 11.3. The summed E-state index contributed by atoms with van der Waals surface area (Å²) in [7, 11) is 0. The Kier molecular flexibility index (Phi) is 2.35. The molecule has 0 aliphatic carbocycles. The molecular weight excluding hydrogens is 186 g/mol. The number of aryl methyl sites for hydroxylation is 2. The van der Waals surface area contributed by atoms with Crippen molar-refractivity contribution in [2.24, 2.45) is 0 Å². The van der Waals surface area contributed by atoms with Crippen LogP contribution in [-0.4, -0.2) is 10.4 Å². The van der Waals surface area contributed by atoms with E-state index < -0.39 is 0 Å². The minimum Gasteiger partial charge on any atom is -0.345 e. The minimum absolute atomic E-state index is 0.124. The molecule has 78 valence electrons. The van der Waals surface area contributed by atoms with E-state index in [4.69, 9.17) is 0 Å². The highest BCUT2D eigenvalue weighted by molar-refractivity contribution is 5.98. The molecule has 1 aromatic heterocycles. The molecule has 0 N–H and O–H groups in total. The first-order chi connectivity index (χ1) is 7.13. The molecule has 0 unspecified atom stereocenters. The molecule has 0 atom stereocenters. The van der Waals surface area contributed by atoms with E-state index in [-0.39, 0.29) is 5.78 Å². The van der Waals surface area contributed by atoms with E-state index in [0.29, 0.717) is 0 Å². The lowest BCUT2D eigenvalue weighted by Gasteiger charge is -2.04. The van der Waals surface area contributed by atoms with Crippen molar-refractivity contribution in [2.75, 3.05) is 0 Å². The number of ketones is 1. The van der Waals surface area contributed by atoms with Gasteiger partial charge in [-0.2, -0.15) is 0 Å². The van der Waals surface area contributed by atoms with E-state index in [1.807, 2.05) is 18.2 Å². The Hall–Kier alpha value is -1.57. The van der Waals surface area contributed by atoms with Gasteiger partial charge in [-0.15, -0.1) is 0 Å². The third kappa shape index (κ3) is 1.56. The standard InChI is InChI=1S/C13H15NO/c1-4-14-9(2)7-12-6-5-11(10(3)15)8-13(12)14/h5-8H,4H2,1-3H3. The molecule has 1 heterocycles. The second kappa shape index (κ2) is 3.54. The predicted octanol–water partition coefficient (Wildman–Crippen LogP) is 3.17. The van der Waals surface area contributed by atoms with Crippen LogP contribution in [-0.2, 0) is 6.54 Å². The summed E-state index contributed by atoms with van der Waals surface area (Å²) in [6.07, 6.45) is 0. The smallest absolute Gasteiger partial charge is 0.159 e. The second-order valence-corrected chi connectivity index (χ2v) is 3.86. The van der Waals surface area contributed by atoms with Gasteiger partial charge in [0.25, 0.3) is 0 Å². The number of aromatic nitrogens is 1. The van der Waals surface area contributed by atoms with E-state index in [1.165, 1.54) is 11.1 Å². The number of benzene rings is 1. The molecule has 0 aliphatic heterocycles. The Morgan fingerprint density at radius 2 is 2.07 bits per heavy atom. The Morgan fingerprint density at radius 3 is 2.67 bits per heavy atom. The molecule has 2 nitrogen and oxygen atoms in total. The van der Waals surface area contributed by atoms with E-state index >= 15 is 0 Å². The van der Waals surface area contributed by atoms with Crippen LogP contribution in [0.3, 0.4) is 0 Å². The van der Waals surface area contributed by atoms with Crippen molar-refractivity contribution in [1.82, 2.24) is 4.57 Å². The SMILES string of the molecule is CCn1c(C)cc2ccc(C(C)=O)cc21. The van der Waals surface area contributed by atoms with Crippen molar-refractivity contribution in [3.63, 3.8) is 0 Å². The topological polar surface area (TPSA) is 22.0 Å². The number of hydrogen-bond acceptors (Lipinski definition) is 1. The van der Waals surface area contributed by atoms with E-state index in [1.54, 1.807) is 6.92 Å². The molecule has 2 rings (SSSR count). The number of fused-ring (bicyclic) bond motifs is 1. The summed E-state index contributed by atoms with van der Waals surface area (Å²) in [5.41, 5.74) is 3.19. The summed E-state index contributed by atoms with van der Waals surface area (Å²) in [5.74, 6) is 0.124. The van der Waals surface area contributed by atoms with Crippen LogP contribution in [0.4, 0.5) is 0 Å². The molecule has 15 heavy (non-hydrogen) atoms. The molecule has 0 aliphatic rings. The molecule has 0 radical (unpaired) electrons. The number of carbonyl (C=O) groups is 1. The number of Topliss-reactive ketones (excluding diaryl/α,β-unsaturated/α-hetero) is 1. The Bertz CT molecular complexity index is 523. The summed E-state index contributed by atoms with van der Waals surface area (Å²) >= 11 is 0. The zero-order valence-electron chi connectivity index (χ0n) is 9.37. The van der Waals surface area contributed by atoms with Gasteiger partial charge in [-0.25, -0.2) is 0 Å². The zero-order valence-corrected chi connectivity index (χ0v) is 9.37. The van der Waals surface area contributed by atoms with Gasteiger partial charge in [0.05, 0.1) is 0 Å².